The SMILES string of the molecule is Cc1cccc(C)n1.[Pd]. The third kappa shape index (κ3) is 2.74. The van der Waals surface area contributed by atoms with Gasteiger partial charge in [0.25, 0.3) is 0 Å². The van der Waals surface area contributed by atoms with Crippen LogP contribution in [-0.4, -0.2) is 4.98 Å². The predicted octanol–water partition coefficient (Wildman–Crippen LogP) is 1.70. The fraction of sp³-hybridized carbons (Fsp3) is 0.286. The summed E-state index contributed by atoms with van der Waals surface area (Å²) in [6, 6.07) is 6.00. The Labute approximate surface area is 69.2 Å². The molecule has 0 N–H and O–H groups in total. The third-order valence-corrected chi connectivity index (χ3v) is 1.03. The number of rotatable bonds is 0. The Morgan fingerprint density at radius 2 is 1.56 bits per heavy atom. The van der Waals surface area contributed by atoms with E-state index in [0.717, 1.165) is 11.4 Å². The van der Waals surface area contributed by atoms with Crippen molar-refractivity contribution >= 4 is 0 Å². The molecule has 0 radical (unpaired) electrons. The van der Waals surface area contributed by atoms with E-state index in [1.165, 1.54) is 0 Å². The molecule has 0 unspecified atom stereocenters. The fourth-order valence-electron chi connectivity index (χ4n) is 0.679. The van der Waals surface area contributed by atoms with Gasteiger partial charge in [-0.2, -0.15) is 0 Å². The number of hydrogen-bond acceptors (Lipinski definition) is 1. The smallest absolute Gasteiger partial charge is 0.0375 e. The molecule has 9 heavy (non-hydrogen) atoms. The molecular weight excluding hydrogens is 205 g/mol. The minimum Gasteiger partial charge on any atom is -0.258 e. The maximum atomic E-state index is 4.17. The van der Waals surface area contributed by atoms with Crippen LogP contribution in [0.25, 0.3) is 0 Å². The molecule has 0 bridgehead atoms. The Kier molecular flexibility index (Phi) is 3.69. The molecule has 0 fully saturated rings. The summed E-state index contributed by atoms with van der Waals surface area (Å²) in [5.41, 5.74) is 2.18. The van der Waals surface area contributed by atoms with E-state index >= 15 is 0 Å². The van der Waals surface area contributed by atoms with Gasteiger partial charge in [0, 0.05) is 31.8 Å². The summed E-state index contributed by atoms with van der Waals surface area (Å²) >= 11 is 0. The molecule has 1 aromatic rings. The average Bonchev–Trinajstić information content (AvgIpc) is 1.64. The predicted molar refractivity (Wildman–Crippen MR) is 33.7 cm³/mol. The Hall–Kier alpha value is -0.188. The molecule has 52 valence electrons. The molecule has 0 spiro atoms. The van der Waals surface area contributed by atoms with Gasteiger partial charge in [0.1, 0.15) is 0 Å². The van der Waals surface area contributed by atoms with Gasteiger partial charge in [-0.1, -0.05) is 6.07 Å². The molecule has 0 amide bonds. The number of aromatic nitrogens is 1. The average molecular weight is 214 g/mol. The first kappa shape index (κ1) is 8.81. The van der Waals surface area contributed by atoms with Gasteiger partial charge in [-0.15, -0.1) is 0 Å². The maximum absolute atomic E-state index is 4.17. The van der Waals surface area contributed by atoms with Gasteiger partial charge < -0.3 is 0 Å². The molecular formula is C7H9NPd. The summed E-state index contributed by atoms with van der Waals surface area (Å²) < 4.78 is 0. The minimum atomic E-state index is 0. The monoisotopic (exact) mass is 213 g/mol. The molecule has 0 saturated carbocycles. The van der Waals surface area contributed by atoms with E-state index in [1.807, 2.05) is 32.0 Å². The zero-order valence-corrected chi connectivity index (χ0v) is 7.05. The van der Waals surface area contributed by atoms with E-state index in [-0.39, 0.29) is 20.4 Å². The van der Waals surface area contributed by atoms with Crippen LogP contribution in [-0.2, 0) is 20.4 Å². The molecule has 0 aromatic carbocycles. The van der Waals surface area contributed by atoms with Crippen molar-refractivity contribution in [2.75, 3.05) is 0 Å². The topological polar surface area (TPSA) is 12.9 Å². The van der Waals surface area contributed by atoms with Crippen LogP contribution in [0.3, 0.4) is 0 Å². The van der Waals surface area contributed by atoms with Crippen molar-refractivity contribution in [3.05, 3.63) is 29.6 Å². The van der Waals surface area contributed by atoms with Gasteiger partial charge >= 0.3 is 0 Å². The van der Waals surface area contributed by atoms with Gasteiger partial charge in [0.05, 0.1) is 0 Å². The summed E-state index contributed by atoms with van der Waals surface area (Å²) in [7, 11) is 0. The molecule has 2 heteroatoms. The van der Waals surface area contributed by atoms with Crippen LogP contribution in [0.15, 0.2) is 18.2 Å². The molecule has 0 saturated heterocycles. The van der Waals surface area contributed by atoms with Crippen molar-refractivity contribution in [2.45, 2.75) is 13.8 Å². The van der Waals surface area contributed by atoms with Crippen molar-refractivity contribution in [3.8, 4) is 0 Å². The quantitative estimate of drug-likeness (QED) is 0.598. The zero-order chi connectivity index (χ0) is 5.98. The number of pyridine rings is 1. The first-order valence-corrected chi connectivity index (χ1v) is 2.69. The Bertz CT molecular complexity index is 169. The second-order valence-electron chi connectivity index (χ2n) is 1.92. The fourth-order valence-corrected chi connectivity index (χ4v) is 0.679. The Morgan fingerprint density at radius 3 is 1.78 bits per heavy atom. The largest absolute Gasteiger partial charge is 0.258 e. The first-order valence-electron chi connectivity index (χ1n) is 2.69. The molecule has 1 heterocycles. The number of hydrogen-bond donors (Lipinski definition) is 0. The van der Waals surface area contributed by atoms with Crippen molar-refractivity contribution in [2.24, 2.45) is 0 Å². The van der Waals surface area contributed by atoms with Crippen LogP contribution < -0.4 is 0 Å². The molecule has 1 rings (SSSR count). The molecule has 1 nitrogen and oxygen atoms in total. The standard InChI is InChI=1S/C7H9N.Pd/c1-6-4-3-5-7(2)8-6;/h3-5H,1-2H3;. The van der Waals surface area contributed by atoms with Crippen LogP contribution in [0.5, 0.6) is 0 Å². The van der Waals surface area contributed by atoms with Gasteiger partial charge in [-0.05, 0) is 26.0 Å². The van der Waals surface area contributed by atoms with Crippen LogP contribution >= 0.6 is 0 Å². The van der Waals surface area contributed by atoms with Crippen LogP contribution in [0.4, 0.5) is 0 Å². The van der Waals surface area contributed by atoms with E-state index in [4.69, 9.17) is 0 Å². The number of nitrogens with zero attached hydrogens (tertiary/aromatic N) is 1. The van der Waals surface area contributed by atoms with Gasteiger partial charge in [-0.3, -0.25) is 4.98 Å². The summed E-state index contributed by atoms with van der Waals surface area (Å²) in [5, 5.41) is 0. The van der Waals surface area contributed by atoms with Crippen molar-refractivity contribution in [3.63, 3.8) is 0 Å². The van der Waals surface area contributed by atoms with Crippen LogP contribution in [0, 0.1) is 13.8 Å². The minimum absolute atomic E-state index is 0. The van der Waals surface area contributed by atoms with Crippen molar-refractivity contribution in [1.82, 2.24) is 4.98 Å². The molecule has 0 aliphatic carbocycles. The van der Waals surface area contributed by atoms with Crippen LogP contribution in [0.2, 0.25) is 0 Å². The van der Waals surface area contributed by atoms with E-state index < -0.39 is 0 Å². The second kappa shape index (κ2) is 3.77. The molecule has 0 aliphatic rings. The summed E-state index contributed by atoms with van der Waals surface area (Å²) in [4.78, 5) is 4.17. The maximum Gasteiger partial charge on any atom is 0.0375 e. The molecule has 1 aromatic heterocycles. The van der Waals surface area contributed by atoms with Gasteiger partial charge in [0.2, 0.25) is 0 Å². The molecule has 0 atom stereocenters. The van der Waals surface area contributed by atoms with Crippen molar-refractivity contribution in [1.29, 1.82) is 0 Å². The normalized spacial score (nSPS) is 8.22. The summed E-state index contributed by atoms with van der Waals surface area (Å²) in [6.07, 6.45) is 0. The third-order valence-electron chi connectivity index (χ3n) is 1.03. The van der Waals surface area contributed by atoms with Crippen molar-refractivity contribution < 1.29 is 20.4 Å². The van der Waals surface area contributed by atoms with E-state index in [1.54, 1.807) is 0 Å². The Morgan fingerprint density at radius 1 is 1.11 bits per heavy atom. The number of aryl methyl sites for hydroxylation is 2. The Balaban J connectivity index is 0.000000640. The first-order chi connectivity index (χ1) is 3.79. The van der Waals surface area contributed by atoms with Crippen LogP contribution in [0.1, 0.15) is 11.4 Å². The van der Waals surface area contributed by atoms with Gasteiger partial charge in [-0.25, -0.2) is 0 Å². The summed E-state index contributed by atoms with van der Waals surface area (Å²) in [6.45, 7) is 3.99. The summed E-state index contributed by atoms with van der Waals surface area (Å²) in [5.74, 6) is 0. The van der Waals surface area contributed by atoms with Gasteiger partial charge in [0.15, 0.2) is 0 Å². The van der Waals surface area contributed by atoms with E-state index in [2.05, 4.69) is 4.98 Å². The second-order valence-corrected chi connectivity index (χ2v) is 1.92. The van der Waals surface area contributed by atoms with E-state index in [9.17, 15) is 0 Å². The van der Waals surface area contributed by atoms with E-state index in [0.29, 0.717) is 0 Å². The molecule has 0 aliphatic heterocycles. The zero-order valence-electron chi connectivity index (χ0n) is 5.50.